The van der Waals surface area contributed by atoms with E-state index in [1.165, 1.54) is 32.4 Å². The molecule has 1 saturated heterocycles. The van der Waals surface area contributed by atoms with Crippen molar-refractivity contribution in [2.45, 2.75) is 32.6 Å². The van der Waals surface area contributed by atoms with Crippen LogP contribution in [0, 0.1) is 0 Å². The first-order chi connectivity index (χ1) is 14.2. The summed E-state index contributed by atoms with van der Waals surface area (Å²) >= 11 is 0. The number of nitrogens with zero attached hydrogens (tertiary/aromatic N) is 3. The summed E-state index contributed by atoms with van der Waals surface area (Å²) in [5.41, 5.74) is 1.27. The van der Waals surface area contributed by atoms with Crippen LogP contribution in [-0.2, 0) is 4.74 Å². The van der Waals surface area contributed by atoms with E-state index < -0.39 is 0 Å². The second-order valence-corrected chi connectivity index (χ2v) is 7.53. The molecular weight excluding hydrogens is 366 g/mol. The van der Waals surface area contributed by atoms with Crippen molar-refractivity contribution in [2.24, 2.45) is 0 Å². The van der Waals surface area contributed by atoms with Crippen molar-refractivity contribution in [1.82, 2.24) is 14.8 Å². The van der Waals surface area contributed by atoms with Crippen molar-refractivity contribution >= 4 is 16.8 Å². The number of ether oxygens (including phenoxy) is 2. The summed E-state index contributed by atoms with van der Waals surface area (Å²) < 4.78 is 11.0. The molecule has 0 bridgehead atoms. The SMILES string of the molecule is CCN(CCOC)C(=O)c1ccc2cc(OCCCN3CCCCC3)ccc2n1. The van der Waals surface area contributed by atoms with Crippen LogP contribution < -0.4 is 4.74 Å². The minimum Gasteiger partial charge on any atom is -0.494 e. The van der Waals surface area contributed by atoms with Gasteiger partial charge in [-0.2, -0.15) is 0 Å². The number of carbonyl (C=O) groups excluding carboxylic acids is 1. The lowest BCUT2D eigenvalue weighted by atomic mass is 10.1. The normalized spacial score (nSPS) is 14.8. The average Bonchev–Trinajstić information content (AvgIpc) is 2.77. The molecule has 0 saturated carbocycles. The molecule has 0 radical (unpaired) electrons. The highest BCUT2D eigenvalue weighted by Crippen LogP contribution is 2.21. The molecule has 2 heterocycles. The zero-order valence-corrected chi connectivity index (χ0v) is 17.7. The first-order valence-corrected chi connectivity index (χ1v) is 10.8. The summed E-state index contributed by atoms with van der Waals surface area (Å²) in [6.07, 6.45) is 5.06. The molecule has 0 aliphatic carbocycles. The highest BCUT2D eigenvalue weighted by molar-refractivity contribution is 5.95. The van der Waals surface area contributed by atoms with E-state index in [1.54, 1.807) is 18.1 Å². The van der Waals surface area contributed by atoms with Crippen molar-refractivity contribution in [1.29, 1.82) is 0 Å². The van der Waals surface area contributed by atoms with E-state index in [-0.39, 0.29) is 5.91 Å². The zero-order valence-electron chi connectivity index (χ0n) is 17.7. The number of fused-ring (bicyclic) bond motifs is 1. The average molecular weight is 400 g/mol. The number of hydrogen-bond donors (Lipinski definition) is 0. The molecule has 1 aliphatic heterocycles. The van der Waals surface area contributed by atoms with Crippen molar-refractivity contribution in [3.8, 4) is 5.75 Å². The van der Waals surface area contributed by atoms with Crippen LogP contribution in [0.5, 0.6) is 5.75 Å². The molecule has 1 aliphatic rings. The smallest absolute Gasteiger partial charge is 0.272 e. The molecule has 29 heavy (non-hydrogen) atoms. The Bertz CT molecular complexity index is 790. The Balaban J connectivity index is 1.56. The standard InChI is InChI=1S/C23H33N3O3/c1-3-26(15-17-28-2)23(27)22-10-8-19-18-20(9-11-21(19)24-22)29-16-7-14-25-12-5-4-6-13-25/h8-11,18H,3-7,12-17H2,1-2H3. The molecule has 6 nitrogen and oxygen atoms in total. The Hall–Kier alpha value is -2.18. The van der Waals surface area contributed by atoms with Gasteiger partial charge in [0, 0.05) is 32.1 Å². The van der Waals surface area contributed by atoms with E-state index in [2.05, 4.69) is 9.88 Å². The molecule has 1 fully saturated rings. The highest BCUT2D eigenvalue weighted by atomic mass is 16.5. The van der Waals surface area contributed by atoms with Crippen LogP contribution >= 0.6 is 0 Å². The molecule has 6 heteroatoms. The second kappa shape index (κ2) is 11.1. The number of aromatic nitrogens is 1. The third-order valence-corrected chi connectivity index (χ3v) is 5.45. The fourth-order valence-corrected chi connectivity index (χ4v) is 3.74. The maximum Gasteiger partial charge on any atom is 0.272 e. The minimum absolute atomic E-state index is 0.0653. The van der Waals surface area contributed by atoms with E-state index in [0.29, 0.717) is 25.4 Å². The maximum atomic E-state index is 12.7. The van der Waals surface area contributed by atoms with E-state index >= 15 is 0 Å². The second-order valence-electron chi connectivity index (χ2n) is 7.53. The molecule has 158 valence electrons. The quantitative estimate of drug-likeness (QED) is 0.572. The van der Waals surface area contributed by atoms with Gasteiger partial charge in [-0.25, -0.2) is 4.98 Å². The highest BCUT2D eigenvalue weighted by Gasteiger charge is 2.16. The number of amides is 1. The Labute approximate surface area is 173 Å². The lowest BCUT2D eigenvalue weighted by molar-refractivity contribution is 0.0701. The number of pyridine rings is 1. The van der Waals surface area contributed by atoms with Gasteiger partial charge in [0.1, 0.15) is 11.4 Å². The van der Waals surface area contributed by atoms with Gasteiger partial charge in [-0.15, -0.1) is 0 Å². The molecule has 1 aromatic heterocycles. The van der Waals surface area contributed by atoms with Crippen LogP contribution in [-0.4, -0.2) is 73.7 Å². The molecule has 0 unspecified atom stereocenters. The van der Waals surface area contributed by atoms with Crippen molar-refractivity contribution in [3.05, 3.63) is 36.0 Å². The van der Waals surface area contributed by atoms with E-state index in [0.717, 1.165) is 36.2 Å². The lowest BCUT2D eigenvalue weighted by Gasteiger charge is -2.26. The molecule has 0 atom stereocenters. The molecule has 0 spiro atoms. The number of benzene rings is 1. The first kappa shape index (κ1) is 21.5. The van der Waals surface area contributed by atoms with Gasteiger partial charge in [-0.05, 0) is 63.5 Å². The lowest BCUT2D eigenvalue weighted by Crippen LogP contribution is -2.34. The Kier molecular flexibility index (Phi) is 8.25. The molecule has 1 aromatic carbocycles. The summed E-state index contributed by atoms with van der Waals surface area (Å²) in [5.74, 6) is 0.789. The van der Waals surface area contributed by atoms with Crippen LogP contribution in [0.3, 0.4) is 0 Å². The van der Waals surface area contributed by atoms with E-state index in [4.69, 9.17) is 9.47 Å². The predicted molar refractivity (Wildman–Crippen MR) is 116 cm³/mol. The fourth-order valence-electron chi connectivity index (χ4n) is 3.74. The third kappa shape index (κ3) is 6.15. The van der Waals surface area contributed by atoms with Gasteiger partial charge in [-0.1, -0.05) is 12.5 Å². The molecule has 0 N–H and O–H groups in total. The summed E-state index contributed by atoms with van der Waals surface area (Å²) in [6, 6.07) is 9.60. The number of methoxy groups -OCH3 is 1. The topological polar surface area (TPSA) is 54.9 Å². The fraction of sp³-hybridized carbons (Fsp3) is 0.565. The summed E-state index contributed by atoms with van der Waals surface area (Å²) in [7, 11) is 1.64. The van der Waals surface area contributed by atoms with Gasteiger partial charge in [-0.3, -0.25) is 4.79 Å². The van der Waals surface area contributed by atoms with Crippen molar-refractivity contribution in [3.63, 3.8) is 0 Å². The number of likely N-dealkylation sites (N-methyl/N-ethyl adjacent to an activating group) is 1. The summed E-state index contributed by atoms with van der Waals surface area (Å²) in [4.78, 5) is 21.5. The van der Waals surface area contributed by atoms with E-state index in [9.17, 15) is 4.79 Å². The van der Waals surface area contributed by atoms with E-state index in [1.807, 2.05) is 31.2 Å². The zero-order chi connectivity index (χ0) is 20.5. The van der Waals surface area contributed by atoms with Crippen molar-refractivity contribution in [2.75, 3.05) is 53.0 Å². The molecule has 2 aromatic rings. The number of hydrogen-bond acceptors (Lipinski definition) is 5. The minimum atomic E-state index is -0.0653. The van der Waals surface area contributed by atoms with Gasteiger partial charge < -0.3 is 19.3 Å². The van der Waals surface area contributed by atoms with Crippen LogP contribution in [0.1, 0.15) is 43.1 Å². The molecular formula is C23H33N3O3. The van der Waals surface area contributed by atoms with Gasteiger partial charge in [0.05, 0.1) is 18.7 Å². The Morgan fingerprint density at radius 1 is 1.14 bits per heavy atom. The monoisotopic (exact) mass is 399 g/mol. The van der Waals surface area contributed by atoms with Gasteiger partial charge in [0.25, 0.3) is 5.91 Å². The Morgan fingerprint density at radius 2 is 1.97 bits per heavy atom. The van der Waals surface area contributed by atoms with Gasteiger partial charge in [0.2, 0.25) is 0 Å². The predicted octanol–water partition coefficient (Wildman–Crippen LogP) is 3.60. The van der Waals surface area contributed by atoms with Crippen LogP contribution in [0.2, 0.25) is 0 Å². The van der Waals surface area contributed by atoms with Crippen LogP contribution in [0.15, 0.2) is 30.3 Å². The number of piperidine rings is 1. The van der Waals surface area contributed by atoms with Crippen LogP contribution in [0.25, 0.3) is 10.9 Å². The summed E-state index contributed by atoms with van der Waals surface area (Å²) in [6.45, 7) is 7.96. The molecule has 3 rings (SSSR count). The Morgan fingerprint density at radius 3 is 2.72 bits per heavy atom. The van der Waals surface area contributed by atoms with Gasteiger partial charge >= 0.3 is 0 Å². The van der Waals surface area contributed by atoms with Crippen LogP contribution in [0.4, 0.5) is 0 Å². The first-order valence-electron chi connectivity index (χ1n) is 10.8. The van der Waals surface area contributed by atoms with Crippen molar-refractivity contribution < 1.29 is 14.3 Å². The molecule has 1 amide bonds. The number of carbonyl (C=O) groups is 1. The van der Waals surface area contributed by atoms with Gasteiger partial charge in [0.15, 0.2) is 0 Å². The summed E-state index contributed by atoms with van der Waals surface area (Å²) in [5, 5.41) is 0.982. The largest absolute Gasteiger partial charge is 0.494 e. The number of likely N-dealkylation sites (tertiary alicyclic amines) is 1. The maximum absolute atomic E-state index is 12.7. The third-order valence-electron chi connectivity index (χ3n) is 5.45. The number of rotatable bonds is 10.